The molecule has 1 aromatic rings. The number of benzene rings is 1. The Balaban J connectivity index is 2.69. The fourth-order valence-corrected chi connectivity index (χ4v) is 1.58. The molecule has 0 heterocycles. The van der Waals surface area contributed by atoms with Crippen LogP contribution in [0.1, 0.15) is 31.1 Å². The number of carbonyl (C=O) groups is 1. The first-order valence-corrected chi connectivity index (χ1v) is 5.97. The van der Waals surface area contributed by atoms with Crippen molar-refractivity contribution in [3.8, 4) is 5.75 Å². The van der Waals surface area contributed by atoms with Crippen LogP contribution in [0.25, 0.3) is 0 Å². The number of ether oxygens (including phenoxy) is 2. The maximum absolute atomic E-state index is 11.2. The van der Waals surface area contributed by atoms with Crippen molar-refractivity contribution >= 4 is 17.4 Å². The van der Waals surface area contributed by atoms with Gasteiger partial charge in [-0.05, 0) is 39.0 Å². The predicted molar refractivity (Wildman–Crippen MR) is 68.0 cm³/mol. The molecule has 0 saturated heterocycles. The third kappa shape index (κ3) is 4.36. The molecule has 1 unspecified atom stereocenters. The summed E-state index contributed by atoms with van der Waals surface area (Å²) in [6.07, 6.45) is -0.0735. The summed E-state index contributed by atoms with van der Waals surface area (Å²) in [5.74, 6) is 0.560. The molecule has 1 aromatic carbocycles. The van der Waals surface area contributed by atoms with Crippen molar-refractivity contribution in [2.45, 2.75) is 26.9 Å². The molecule has 0 radical (unpaired) electrons. The van der Waals surface area contributed by atoms with Gasteiger partial charge in [0, 0.05) is 12.2 Å². The van der Waals surface area contributed by atoms with E-state index in [0.29, 0.717) is 29.5 Å². The first-order chi connectivity index (χ1) is 8.04. The Hall–Kier alpha value is -1.06. The van der Waals surface area contributed by atoms with E-state index in [1.165, 1.54) is 6.92 Å². The summed E-state index contributed by atoms with van der Waals surface area (Å²) in [6.45, 7) is 6.52. The van der Waals surface area contributed by atoms with Crippen LogP contribution in [0.4, 0.5) is 0 Å². The largest absolute Gasteiger partial charge is 0.487 e. The number of hydrogen-bond donors (Lipinski definition) is 0. The molecule has 0 aromatic heterocycles. The molecule has 0 N–H and O–H groups in total. The van der Waals surface area contributed by atoms with Gasteiger partial charge in [0.25, 0.3) is 0 Å². The lowest BCUT2D eigenvalue weighted by Gasteiger charge is -2.15. The van der Waals surface area contributed by atoms with Crippen LogP contribution in [0.5, 0.6) is 5.75 Å². The Morgan fingerprint density at radius 2 is 2.18 bits per heavy atom. The fourth-order valence-electron chi connectivity index (χ4n) is 1.35. The van der Waals surface area contributed by atoms with E-state index in [1.807, 2.05) is 13.8 Å². The number of carbonyl (C=O) groups excluding carboxylic acids is 1. The Bertz CT molecular complexity index is 390. The average Bonchev–Trinajstić information content (AvgIpc) is 2.28. The van der Waals surface area contributed by atoms with Crippen molar-refractivity contribution in [3.05, 3.63) is 28.8 Å². The Morgan fingerprint density at radius 1 is 1.47 bits per heavy atom. The Labute approximate surface area is 107 Å². The highest BCUT2D eigenvalue weighted by Crippen LogP contribution is 2.26. The second-order valence-corrected chi connectivity index (χ2v) is 4.20. The topological polar surface area (TPSA) is 35.5 Å². The van der Waals surface area contributed by atoms with Crippen LogP contribution in [-0.2, 0) is 4.74 Å². The van der Waals surface area contributed by atoms with Crippen LogP contribution in [0.3, 0.4) is 0 Å². The lowest BCUT2D eigenvalue weighted by atomic mass is 10.1. The molecule has 0 bridgehead atoms. The maximum atomic E-state index is 11.2. The molecule has 94 valence electrons. The Morgan fingerprint density at radius 3 is 2.71 bits per heavy atom. The number of hydrogen-bond acceptors (Lipinski definition) is 3. The van der Waals surface area contributed by atoms with Gasteiger partial charge < -0.3 is 9.47 Å². The number of ketones is 1. The second-order valence-electron chi connectivity index (χ2n) is 3.79. The summed E-state index contributed by atoms with van der Waals surface area (Å²) in [7, 11) is 0. The van der Waals surface area contributed by atoms with E-state index in [9.17, 15) is 4.79 Å². The van der Waals surface area contributed by atoms with Crippen molar-refractivity contribution in [2.24, 2.45) is 0 Å². The van der Waals surface area contributed by atoms with E-state index >= 15 is 0 Å². The standard InChI is InChI=1S/C13H17ClO3/c1-4-16-8-9(2)17-13-6-5-11(10(3)15)7-12(13)14/h5-7,9H,4,8H2,1-3H3. The third-order valence-corrected chi connectivity index (χ3v) is 2.52. The lowest BCUT2D eigenvalue weighted by molar-refractivity contribution is 0.0657. The highest BCUT2D eigenvalue weighted by atomic mass is 35.5. The van der Waals surface area contributed by atoms with Gasteiger partial charge >= 0.3 is 0 Å². The molecule has 0 aliphatic heterocycles. The molecule has 1 atom stereocenters. The van der Waals surface area contributed by atoms with Crippen LogP contribution in [-0.4, -0.2) is 25.1 Å². The first-order valence-electron chi connectivity index (χ1n) is 5.59. The number of halogens is 1. The van der Waals surface area contributed by atoms with Gasteiger partial charge in [0.2, 0.25) is 0 Å². The van der Waals surface area contributed by atoms with Crippen molar-refractivity contribution in [1.82, 2.24) is 0 Å². The lowest BCUT2D eigenvalue weighted by Crippen LogP contribution is -2.19. The molecule has 0 spiro atoms. The quantitative estimate of drug-likeness (QED) is 0.733. The van der Waals surface area contributed by atoms with Crippen molar-refractivity contribution in [2.75, 3.05) is 13.2 Å². The Kier molecular flexibility index (Phi) is 5.45. The van der Waals surface area contributed by atoms with Gasteiger partial charge in [0.15, 0.2) is 5.78 Å². The van der Waals surface area contributed by atoms with Crippen molar-refractivity contribution < 1.29 is 14.3 Å². The van der Waals surface area contributed by atoms with Crippen LogP contribution in [0, 0.1) is 0 Å². The van der Waals surface area contributed by atoms with Crippen molar-refractivity contribution in [3.63, 3.8) is 0 Å². The summed E-state index contributed by atoms with van der Waals surface area (Å²) in [6, 6.07) is 5.03. The number of rotatable bonds is 6. The minimum atomic E-state index is -0.0735. The molecule has 3 nitrogen and oxygen atoms in total. The highest BCUT2D eigenvalue weighted by molar-refractivity contribution is 6.32. The molecule has 0 amide bonds. The smallest absolute Gasteiger partial charge is 0.159 e. The maximum Gasteiger partial charge on any atom is 0.159 e. The number of Topliss-reactive ketones (excluding diaryl/α,β-unsaturated/α-hetero) is 1. The zero-order valence-electron chi connectivity index (χ0n) is 10.3. The van der Waals surface area contributed by atoms with Gasteiger partial charge in [-0.3, -0.25) is 4.79 Å². The minimum Gasteiger partial charge on any atom is -0.487 e. The molecule has 1 rings (SSSR count). The van der Waals surface area contributed by atoms with Crippen LogP contribution >= 0.6 is 11.6 Å². The zero-order valence-corrected chi connectivity index (χ0v) is 11.1. The molecule has 0 aliphatic rings. The average molecular weight is 257 g/mol. The SMILES string of the molecule is CCOCC(C)Oc1ccc(C(C)=O)cc1Cl. The molecule has 0 fully saturated rings. The van der Waals surface area contributed by atoms with E-state index in [4.69, 9.17) is 21.1 Å². The fraction of sp³-hybridized carbons (Fsp3) is 0.462. The van der Waals surface area contributed by atoms with Crippen LogP contribution in [0.15, 0.2) is 18.2 Å². The van der Waals surface area contributed by atoms with Crippen molar-refractivity contribution in [1.29, 1.82) is 0 Å². The van der Waals surface area contributed by atoms with Gasteiger partial charge in [-0.25, -0.2) is 0 Å². The summed E-state index contributed by atoms with van der Waals surface area (Å²) in [5.41, 5.74) is 0.583. The second kappa shape index (κ2) is 6.62. The summed E-state index contributed by atoms with van der Waals surface area (Å²) in [4.78, 5) is 11.2. The van der Waals surface area contributed by atoms with E-state index in [-0.39, 0.29) is 11.9 Å². The first kappa shape index (κ1) is 14.0. The predicted octanol–water partition coefficient (Wildman–Crippen LogP) is 3.35. The van der Waals surface area contributed by atoms with Crippen LogP contribution in [0.2, 0.25) is 5.02 Å². The highest BCUT2D eigenvalue weighted by Gasteiger charge is 2.09. The van der Waals surface area contributed by atoms with Gasteiger partial charge in [-0.15, -0.1) is 0 Å². The normalized spacial score (nSPS) is 12.2. The molecule has 4 heteroatoms. The molecule has 17 heavy (non-hydrogen) atoms. The van der Waals surface area contributed by atoms with E-state index in [1.54, 1.807) is 18.2 Å². The van der Waals surface area contributed by atoms with E-state index in [0.717, 1.165) is 0 Å². The summed E-state index contributed by atoms with van der Waals surface area (Å²) >= 11 is 6.03. The third-order valence-electron chi connectivity index (χ3n) is 2.22. The molecule has 0 aliphatic carbocycles. The van der Waals surface area contributed by atoms with Gasteiger partial charge in [0.1, 0.15) is 11.9 Å². The van der Waals surface area contributed by atoms with Gasteiger partial charge in [-0.1, -0.05) is 11.6 Å². The van der Waals surface area contributed by atoms with E-state index in [2.05, 4.69) is 0 Å². The molecular weight excluding hydrogens is 240 g/mol. The molecule has 0 saturated carbocycles. The monoisotopic (exact) mass is 256 g/mol. The molecular formula is C13H17ClO3. The summed E-state index contributed by atoms with van der Waals surface area (Å²) in [5, 5.41) is 0.445. The summed E-state index contributed by atoms with van der Waals surface area (Å²) < 4.78 is 10.9. The van der Waals surface area contributed by atoms with Crippen LogP contribution < -0.4 is 4.74 Å². The van der Waals surface area contributed by atoms with Gasteiger partial charge in [0.05, 0.1) is 11.6 Å². The minimum absolute atomic E-state index is 0.0131. The van der Waals surface area contributed by atoms with Gasteiger partial charge in [-0.2, -0.15) is 0 Å². The van der Waals surface area contributed by atoms with E-state index < -0.39 is 0 Å². The zero-order chi connectivity index (χ0) is 12.8.